The lowest BCUT2D eigenvalue weighted by Crippen LogP contribution is -2.20. The molecule has 26 heavy (non-hydrogen) atoms. The quantitative estimate of drug-likeness (QED) is 0.718. The van der Waals surface area contributed by atoms with Gasteiger partial charge < -0.3 is 14.6 Å². The summed E-state index contributed by atoms with van der Waals surface area (Å²) in [5.41, 5.74) is 1.63. The number of esters is 1. The molecule has 0 radical (unpaired) electrons. The van der Waals surface area contributed by atoms with Crippen LogP contribution in [-0.4, -0.2) is 23.1 Å². The summed E-state index contributed by atoms with van der Waals surface area (Å²) in [6.07, 6.45) is 1.61. The van der Waals surface area contributed by atoms with Crippen molar-refractivity contribution in [3.05, 3.63) is 76.6 Å². The van der Waals surface area contributed by atoms with E-state index in [9.17, 15) is 14.4 Å². The highest BCUT2D eigenvalue weighted by Crippen LogP contribution is 2.12. The zero-order valence-electron chi connectivity index (χ0n) is 14.3. The van der Waals surface area contributed by atoms with Crippen molar-refractivity contribution in [2.24, 2.45) is 0 Å². The van der Waals surface area contributed by atoms with Crippen LogP contribution in [0.25, 0.3) is 10.9 Å². The number of pyridine rings is 1. The minimum absolute atomic E-state index is 0.0699. The Morgan fingerprint density at radius 3 is 2.50 bits per heavy atom. The normalized spacial score (nSPS) is 10.5. The Hall–Kier alpha value is -3.41. The number of carbonyl (C=O) groups is 2. The van der Waals surface area contributed by atoms with Crippen LogP contribution >= 0.6 is 0 Å². The number of amides is 1. The van der Waals surface area contributed by atoms with Gasteiger partial charge in [0.25, 0.3) is 0 Å². The van der Waals surface area contributed by atoms with Crippen LogP contribution in [0.2, 0.25) is 0 Å². The number of nitrogens with one attached hydrogen (secondary N) is 1. The summed E-state index contributed by atoms with van der Waals surface area (Å²) in [6, 6.07) is 15.1. The molecule has 0 atom stereocenters. The van der Waals surface area contributed by atoms with Gasteiger partial charge >= 0.3 is 5.97 Å². The van der Waals surface area contributed by atoms with E-state index < -0.39 is 5.97 Å². The van der Waals surface area contributed by atoms with Crippen LogP contribution in [0.1, 0.15) is 17.3 Å². The van der Waals surface area contributed by atoms with Crippen molar-refractivity contribution in [2.45, 2.75) is 13.5 Å². The fourth-order valence-corrected chi connectivity index (χ4v) is 2.66. The topological polar surface area (TPSA) is 77.4 Å². The lowest BCUT2D eigenvalue weighted by atomic mass is 10.2. The van der Waals surface area contributed by atoms with Gasteiger partial charge in [-0.1, -0.05) is 12.1 Å². The minimum Gasteiger partial charge on any atom is -0.462 e. The largest absolute Gasteiger partial charge is 0.462 e. The first kappa shape index (κ1) is 17.4. The van der Waals surface area contributed by atoms with E-state index in [1.54, 1.807) is 60.2 Å². The first-order valence-electron chi connectivity index (χ1n) is 8.23. The second-order valence-electron chi connectivity index (χ2n) is 5.67. The van der Waals surface area contributed by atoms with Crippen molar-refractivity contribution in [1.82, 2.24) is 4.57 Å². The molecular weight excluding hydrogens is 332 g/mol. The molecule has 132 valence electrons. The van der Waals surface area contributed by atoms with E-state index in [2.05, 4.69) is 5.32 Å². The number of ether oxygens (including phenoxy) is 1. The third-order valence-electron chi connectivity index (χ3n) is 3.88. The number of hydrogen-bond donors (Lipinski definition) is 1. The molecule has 0 aliphatic heterocycles. The molecule has 1 aromatic heterocycles. The van der Waals surface area contributed by atoms with Crippen LogP contribution in [0.5, 0.6) is 0 Å². The summed E-state index contributed by atoms with van der Waals surface area (Å²) in [4.78, 5) is 35.9. The van der Waals surface area contributed by atoms with E-state index in [1.807, 2.05) is 6.07 Å². The van der Waals surface area contributed by atoms with Crippen LogP contribution < -0.4 is 10.7 Å². The average Bonchev–Trinajstić information content (AvgIpc) is 2.65. The molecular formula is C20H18N2O4. The molecule has 1 N–H and O–H groups in total. The number of carbonyl (C=O) groups excluding carboxylic acids is 2. The Morgan fingerprint density at radius 2 is 1.77 bits per heavy atom. The van der Waals surface area contributed by atoms with Gasteiger partial charge in [0, 0.05) is 23.3 Å². The van der Waals surface area contributed by atoms with Crippen molar-refractivity contribution in [3.8, 4) is 0 Å². The lowest BCUT2D eigenvalue weighted by Gasteiger charge is -2.11. The van der Waals surface area contributed by atoms with Gasteiger partial charge in [0.1, 0.15) is 6.54 Å². The molecule has 0 spiro atoms. The van der Waals surface area contributed by atoms with Crippen molar-refractivity contribution < 1.29 is 14.3 Å². The summed E-state index contributed by atoms with van der Waals surface area (Å²) in [7, 11) is 0. The minimum atomic E-state index is -0.398. The van der Waals surface area contributed by atoms with Crippen molar-refractivity contribution in [1.29, 1.82) is 0 Å². The van der Waals surface area contributed by atoms with Gasteiger partial charge in [-0.05, 0) is 43.3 Å². The Labute approximate surface area is 150 Å². The fraction of sp³-hybridized carbons (Fsp3) is 0.150. The van der Waals surface area contributed by atoms with E-state index in [-0.39, 0.29) is 17.9 Å². The SMILES string of the molecule is CCOC(=O)c1ccc(NC(=O)Cn2ccc(=O)c3ccccc32)cc1. The maximum absolute atomic E-state index is 12.3. The molecule has 0 bridgehead atoms. The lowest BCUT2D eigenvalue weighted by molar-refractivity contribution is -0.116. The summed E-state index contributed by atoms with van der Waals surface area (Å²) in [5, 5.41) is 3.35. The Kier molecular flexibility index (Phi) is 5.12. The third kappa shape index (κ3) is 3.80. The van der Waals surface area contributed by atoms with Crippen LogP contribution in [0.4, 0.5) is 5.69 Å². The molecule has 2 aromatic carbocycles. The fourth-order valence-electron chi connectivity index (χ4n) is 2.66. The molecule has 0 unspecified atom stereocenters. The maximum atomic E-state index is 12.3. The van der Waals surface area contributed by atoms with Gasteiger partial charge in [-0.3, -0.25) is 9.59 Å². The number of aromatic nitrogens is 1. The van der Waals surface area contributed by atoms with Crippen LogP contribution in [0, 0.1) is 0 Å². The highest BCUT2D eigenvalue weighted by molar-refractivity contribution is 5.93. The van der Waals surface area contributed by atoms with Crippen molar-refractivity contribution in [2.75, 3.05) is 11.9 Å². The predicted octanol–water partition coefficient (Wildman–Crippen LogP) is 2.82. The summed E-state index contributed by atoms with van der Waals surface area (Å²) in [6.45, 7) is 2.12. The molecule has 1 amide bonds. The number of hydrogen-bond acceptors (Lipinski definition) is 4. The second-order valence-corrected chi connectivity index (χ2v) is 5.67. The molecule has 0 aliphatic rings. The Bertz CT molecular complexity index is 1010. The summed E-state index contributed by atoms with van der Waals surface area (Å²) < 4.78 is 6.64. The van der Waals surface area contributed by atoms with Crippen LogP contribution in [0.3, 0.4) is 0 Å². The molecule has 3 rings (SSSR count). The monoisotopic (exact) mass is 350 g/mol. The van der Waals surface area contributed by atoms with Crippen LogP contribution in [-0.2, 0) is 16.1 Å². The molecule has 6 heteroatoms. The third-order valence-corrected chi connectivity index (χ3v) is 3.88. The number of nitrogens with zero attached hydrogens (tertiary/aromatic N) is 1. The van der Waals surface area contributed by atoms with Crippen LogP contribution in [0.15, 0.2) is 65.6 Å². The smallest absolute Gasteiger partial charge is 0.338 e. The van der Waals surface area contributed by atoms with E-state index in [0.29, 0.717) is 28.8 Å². The van der Waals surface area contributed by atoms with E-state index in [4.69, 9.17) is 4.74 Å². The highest BCUT2D eigenvalue weighted by Gasteiger charge is 2.09. The zero-order valence-corrected chi connectivity index (χ0v) is 14.3. The maximum Gasteiger partial charge on any atom is 0.338 e. The van der Waals surface area contributed by atoms with Gasteiger partial charge in [0.05, 0.1) is 17.7 Å². The number of benzene rings is 2. The molecule has 0 aliphatic carbocycles. The highest BCUT2D eigenvalue weighted by atomic mass is 16.5. The van der Waals surface area contributed by atoms with Crippen molar-refractivity contribution in [3.63, 3.8) is 0 Å². The van der Waals surface area contributed by atoms with E-state index >= 15 is 0 Å². The van der Waals surface area contributed by atoms with Gasteiger partial charge in [-0.15, -0.1) is 0 Å². The Morgan fingerprint density at radius 1 is 1.04 bits per heavy atom. The molecule has 0 saturated carbocycles. The molecule has 0 fully saturated rings. The van der Waals surface area contributed by atoms with E-state index in [0.717, 1.165) is 0 Å². The van der Waals surface area contributed by atoms with E-state index in [1.165, 1.54) is 6.07 Å². The first-order valence-corrected chi connectivity index (χ1v) is 8.23. The van der Waals surface area contributed by atoms with Gasteiger partial charge in [0.2, 0.25) is 5.91 Å². The first-order chi connectivity index (χ1) is 12.6. The number of rotatable bonds is 5. The average molecular weight is 350 g/mol. The zero-order chi connectivity index (χ0) is 18.5. The summed E-state index contributed by atoms with van der Waals surface area (Å²) in [5.74, 6) is -0.632. The summed E-state index contributed by atoms with van der Waals surface area (Å²) >= 11 is 0. The number of fused-ring (bicyclic) bond motifs is 1. The second kappa shape index (κ2) is 7.65. The van der Waals surface area contributed by atoms with Gasteiger partial charge in [0.15, 0.2) is 5.43 Å². The molecule has 3 aromatic rings. The standard InChI is InChI=1S/C20H18N2O4/c1-2-26-20(25)14-7-9-15(10-8-14)21-19(24)13-22-12-11-18(23)16-5-3-4-6-17(16)22/h3-12H,2,13H2,1H3,(H,21,24). The molecule has 6 nitrogen and oxygen atoms in total. The van der Waals surface area contributed by atoms with Crippen molar-refractivity contribution >= 4 is 28.5 Å². The van der Waals surface area contributed by atoms with Gasteiger partial charge in [-0.25, -0.2) is 4.79 Å². The number of anilines is 1. The Balaban J connectivity index is 1.73. The molecule has 1 heterocycles. The molecule has 0 saturated heterocycles. The predicted molar refractivity (Wildman–Crippen MR) is 99.2 cm³/mol. The van der Waals surface area contributed by atoms with Gasteiger partial charge in [-0.2, -0.15) is 0 Å². The number of para-hydroxylation sites is 1.